The third kappa shape index (κ3) is 9.08. The van der Waals surface area contributed by atoms with Gasteiger partial charge in [-0.05, 0) is 129 Å². The van der Waals surface area contributed by atoms with Gasteiger partial charge in [0.05, 0.1) is 37.4 Å². The number of rotatable bonds is 11. The topological polar surface area (TPSA) is 334 Å². The van der Waals surface area contributed by atoms with Crippen molar-refractivity contribution in [1.29, 1.82) is 0 Å². The minimum atomic E-state index is -1.86. The molecule has 29 atom stereocenters. The van der Waals surface area contributed by atoms with E-state index in [2.05, 4.69) is 41.2 Å². The first-order valence-corrected chi connectivity index (χ1v) is 27.1. The first-order chi connectivity index (χ1) is 34.7. The Labute approximate surface area is 433 Å². The van der Waals surface area contributed by atoms with Crippen LogP contribution in [0.25, 0.3) is 0 Å². The molecule has 4 aliphatic heterocycles. The number of fused-ring (bicyclic) bond motifs is 7. The zero-order valence-corrected chi connectivity index (χ0v) is 43.9. The second-order valence-corrected chi connectivity index (χ2v) is 25.3. The van der Waals surface area contributed by atoms with Crippen LogP contribution in [-0.4, -0.2) is 210 Å². The second-order valence-electron chi connectivity index (χ2n) is 25.3. The molecule has 0 bridgehead atoms. The molecule has 12 N–H and O–H groups in total. The first-order valence-electron chi connectivity index (χ1n) is 27.1. The van der Waals surface area contributed by atoms with Crippen molar-refractivity contribution in [2.75, 3.05) is 19.8 Å². The lowest BCUT2D eigenvalue weighted by Crippen LogP contribution is -2.67. The third-order valence-electron chi connectivity index (χ3n) is 21.4. The second kappa shape index (κ2) is 20.8. The lowest BCUT2D eigenvalue weighted by Gasteiger charge is -2.73. The zero-order chi connectivity index (χ0) is 53.9. The van der Waals surface area contributed by atoms with Crippen molar-refractivity contribution in [3.63, 3.8) is 0 Å². The monoisotopic (exact) mass is 1060 g/mol. The van der Waals surface area contributed by atoms with E-state index in [4.69, 9.17) is 37.9 Å². The van der Waals surface area contributed by atoms with Gasteiger partial charge in [0.2, 0.25) is 6.29 Å². The molecule has 4 heterocycles. The maximum absolute atomic E-state index is 15.1. The summed E-state index contributed by atoms with van der Waals surface area (Å²) in [6.45, 7) is 18.2. The molecular formula is C53H86O21. The predicted octanol–water partition coefficient (Wildman–Crippen LogP) is -0.513. The molecule has 0 spiro atoms. The van der Waals surface area contributed by atoms with Crippen molar-refractivity contribution in [3.05, 3.63) is 12.2 Å². The molecular weight excluding hydrogens is 973 g/mol. The van der Waals surface area contributed by atoms with Crippen molar-refractivity contribution < 1.29 is 104 Å². The highest BCUT2D eigenvalue weighted by molar-refractivity contribution is 5.78. The summed E-state index contributed by atoms with van der Waals surface area (Å²) in [5, 5.41) is 128. The fourth-order valence-electron chi connectivity index (χ4n) is 17.0. The van der Waals surface area contributed by atoms with Crippen LogP contribution in [0, 0.1) is 56.7 Å². The third-order valence-corrected chi connectivity index (χ3v) is 21.4. The maximum atomic E-state index is 15.1. The molecule has 0 aromatic carbocycles. The quantitative estimate of drug-likeness (QED) is 0.0704. The summed E-state index contributed by atoms with van der Waals surface area (Å²) in [7, 11) is 0. The van der Waals surface area contributed by atoms with Crippen LogP contribution in [0.1, 0.15) is 113 Å². The smallest absolute Gasteiger partial charge is 0.314 e. The summed E-state index contributed by atoms with van der Waals surface area (Å²) < 4.78 is 47.1. The van der Waals surface area contributed by atoms with E-state index in [0.717, 1.165) is 50.5 Å². The van der Waals surface area contributed by atoms with Gasteiger partial charge in [0.15, 0.2) is 18.9 Å². The van der Waals surface area contributed by atoms with Gasteiger partial charge in [0, 0.05) is 0 Å². The molecule has 5 saturated carbocycles. The highest BCUT2D eigenvalue weighted by atomic mass is 16.8. The fourth-order valence-corrected chi connectivity index (χ4v) is 17.0. The van der Waals surface area contributed by atoms with E-state index in [1.165, 1.54) is 6.92 Å². The number of esters is 1. The highest BCUT2D eigenvalue weighted by Crippen LogP contribution is 2.78. The maximum Gasteiger partial charge on any atom is 0.314 e. The minimum Gasteiger partial charge on any atom is -0.432 e. The molecule has 0 aromatic heterocycles. The van der Waals surface area contributed by atoms with Crippen LogP contribution in [0.2, 0.25) is 0 Å². The lowest BCUT2D eigenvalue weighted by molar-refractivity contribution is -0.361. The Balaban J connectivity index is 0.878. The van der Waals surface area contributed by atoms with Crippen LogP contribution in [0.4, 0.5) is 0 Å². The van der Waals surface area contributed by atoms with Crippen LogP contribution in [-0.2, 0) is 42.7 Å². The van der Waals surface area contributed by atoms with Gasteiger partial charge in [-0.1, -0.05) is 46.8 Å². The molecule has 0 amide bonds. The zero-order valence-electron chi connectivity index (χ0n) is 43.9. The summed E-state index contributed by atoms with van der Waals surface area (Å²) in [4.78, 5) is 15.1. The molecule has 9 fully saturated rings. The van der Waals surface area contributed by atoms with E-state index in [9.17, 15) is 61.3 Å². The van der Waals surface area contributed by atoms with Gasteiger partial charge >= 0.3 is 5.97 Å². The largest absolute Gasteiger partial charge is 0.432 e. The van der Waals surface area contributed by atoms with Crippen LogP contribution in [0.3, 0.4) is 0 Å². The van der Waals surface area contributed by atoms with Crippen LogP contribution in [0.5, 0.6) is 0 Å². The molecule has 0 unspecified atom stereocenters. The van der Waals surface area contributed by atoms with Gasteiger partial charge < -0.3 is 99.2 Å². The molecule has 9 rings (SSSR count). The Morgan fingerprint density at radius 1 is 0.608 bits per heavy atom. The molecule has 21 heteroatoms. The highest BCUT2D eigenvalue weighted by Gasteiger charge is 2.73. The number of aliphatic hydroxyl groups is 12. The van der Waals surface area contributed by atoms with E-state index in [1.807, 2.05) is 6.92 Å². The number of carbonyl (C=O) groups is 1. The van der Waals surface area contributed by atoms with E-state index >= 15 is 4.79 Å². The summed E-state index contributed by atoms with van der Waals surface area (Å²) in [6, 6.07) is 0. The molecule has 4 saturated heterocycles. The molecule has 5 aliphatic carbocycles. The Morgan fingerprint density at radius 2 is 1.26 bits per heavy atom. The molecule has 0 aromatic rings. The van der Waals surface area contributed by atoms with E-state index in [1.54, 1.807) is 0 Å². The standard InChI is InChI=1S/C53H86O21/c1-22(2)24-11-16-53(18-17-51(7)25(32(24)53)9-10-30-50(6)14-13-31(49(4,5)29(50)12-15-52(30,51)8)72-45-39(62)34(57)26(55)20-67-45)48(66)74-47-41(64)37(60)35(58)28(71-47)21-68-44-42(65)38(61)43(27(19-54)70-44)73-46-40(63)36(59)33(56)23(3)69-46/h23-47,54-65H,1,9-21H2,2-8H3/t23-,24-,25+,26-,27+,28+,29-,30+,31-,32+,33-,34-,35+,36+,37-,38+,39+,40+,41+,42+,43+,44+,45-,46-,47-,50-,51+,52+,53-/m0/s1. The number of hydrogen-bond donors (Lipinski definition) is 12. The van der Waals surface area contributed by atoms with Crippen molar-refractivity contribution in [2.24, 2.45) is 56.7 Å². The van der Waals surface area contributed by atoms with Gasteiger partial charge in [-0.3, -0.25) is 4.79 Å². The van der Waals surface area contributed by atoms with Crippen molar-refractivity contribution in [3.8, 4) is 0 Å². The number of carbonyl (C=O) groups excluding carboxylic acids is 1. The van der Waals surface area contributed by atoms with Gasteiger partial charge in [0.25, 0.3) is 0 Å². The van der Waals surface area contributed by atoms with Gasteiger partial charge in [0.1, 0.15) is 85.5 Å². The normalized spacial score (nSPS) is 55.3. The molecule has 424 valence electrons. The number of hydrogen-bond acceptors (Lipinski definition) is 21. The number of aliphatic hydroxyl groups excluding tert-OH is 12. The van der Waals surface area contributed by atoms with E-state index < -0.39 is 141 Å². The number of allylic oxidation sites excluding steroid dienone is 1. The Kier molecular flexibility index (Phi) is 16.1. The van der Waals surface area contributed by atoms with Gasteiger partial charge in [-0.2, -0.15) is 0 Å². The molecule has 74 heavy (non-hydrogen) atoms. The molecule has 21 nitrogen and oxygen atoms in total. The predicted molar refractivity (Wildman–Crippen MR) is 255 cm³/mol. The molecule has 0 radical (unpaired) electrons. The van der Waals surface area contributed by atoms with Crippen molar-refractivity contribution in [1.82, 2.24) is 0 Å². The van der Waals surface area contributed by atoms with Crippen LogP contribution >= 0.6 is 0 Å². The minimum absolute atomic E-state index is 0.0156. The first kappa shape index (κ1) is 57.1. The summed E-state index contributed by atoms with van der Waals surface area (Å²) in [5.41, 5.74) is -0.607. The summed E-state index contributed by atoms with van der Waals surface area (Å²) in [5.74, 6) is 0.0743. The van der Waals surface area contributed by atoms with Crippen molar-refractivity contribution >= 4 is 5.97 Å². The van der Waals surface area contributed by atoms with Crippen molar-refractivity contribution in [2.45, 2.75) is 235 Å². The Hall–Kier alpha value is -1.55. The number of ether oxygens (including phenoxy) is 8. The summed E-state index contributed by atoms with van der Waals surface area (Å²) >= 11 is 0. The van der Waals surface area contributed by atoms with Gasteiger partial charge in [-0.25, -0.2) is 0 Å². The fraction of sp³-hybridized carbons (Fsp3) is 0.943. The van der Waals surface area contributed by atoms with Crippen LogP contribution < -0.4 is 0 Å². The van der Waals surface area contributed by atoms with Crippen LogP contribution in [0.15, 0.2) is 12.2 Å². The average molecular weight is 1060 g/mol. The lowest BCUT2D eigenvalue weighted by atomic mass is 9.32. The molecule has 9 aliphatic rings. The Bertz CT molecular complexity index is 2010. The SMILES string of the molecule is C=C(C)[C@@H]1CC[C@]2(C(=O)O[C@@H]3O[C@H](CO[C@@H]4O[C@H](CO)[C@@H](O[C@@H]5O[C@@H](C)[C@H](O)[C@@H](O)[C@H]5O)[C@H](O)[C@H]4O)[C@@H](O)[C@H](O)[C@H]3O)CC[C@]3(C)[C@H](CC[C@@H]4[C@@]5(C)CC[C@H](O[C@@H]6OC[C@H](O)[C@H](O)[C@H]6O)C(C)(C)[C@@H]5CC[C@]43C)[C@@H]12. The van der Waals surface area contributed by atoms with E-state index in [-0.39, 0.29) is 58.0 Å². The van der Waals surface area contributed by atoms with Gasteiger partial charge in [-0.15, -0.1) is 0 Å². The average Bonchev–Trinajstić information content (AvgIpc) is 3.76. The Morgan fingerprint density at radius 3 is 1.95 bits per heavy atom. The summed E-state index contributed by atoms with van der Waals surface area (Å²) in [6.07, 6.45) is -21.6. The van der Waals surface area contributed by atoms with E-state index in [0.29, 0.717) is 25.2 Å².